The van der Waals surface area contributed by atoms with Crippen LogP contribution in [0.1, 0.15) is 0 Å². The zero-order valence-corrected chi connectivity index (χ0v) is 8.86. The minimum Gasteiger partial charge on any atom is -0.368 e. The highest BCUT2D eigenvalue weighted by molar-refractivity contribution is 6.70. The Morgan fingerprint density at radius 2 is 1.55 bits per heavy atom. The van der Waals surface area contributed by atoms with E-state index in [-0.39, 0.29) is 0 Å². The summed E-state index contributed by atoms with van der Waals surface area (Å²) in [4.78, 5) is 25.0. The third kappa shape index (κ3) is 6.38. The molecule has 0 spiro atoms. The van der Waals surface area contributed by atoms with Crippen molar-refractivity contribution >= 4 is 55.5 Å². The van der Waals surface area contributed by atoms with Crippen LogP contribution < -0.4 is 0 Å². The summed E-state index contributed by atoms with van der Waals surface area (Å²) in [5.74, 6) is 0. The first-order valence-corrected chi connectivity index (χ1v) is 5.50. The topological polar surface area (TPSA) is 69.9 Å². The van der Waals surface area contributed by atoms with Crippen LogP contribution in [-0.4, -0.2) is 32.8 Å². The van der Waals surface area contributed by atoms with Crippen molar-refractivity contribution in [3.8, 4) is 0 Å². The first kappa shape index (κ1) is 12.2. The lowest BCUT2D eigenvalue weighted by Gasteiger charge is -2.20. The number of alkyl halides is 4. The van der Waals surface area contributed by atoms with Gasteiger partial charge in [-0.2, -0.15) is 0 Å². The molecule has 4 nitrogen and oxygen atoms in total. The average Bonchev–Trinajstić information content (AvgIpc) is 1.56. The lowest BCUT2D eigenvalue weighted by atomic mass is 10.8. The first-order valence-electron chi connectivity index (χ1n) is 2.18. The van der Waals surface area contributed by atoms with Crippen molar-refractivity contribution in [3.63, 3.8) is 0 Å². The van der Waals surface area contributed by atoms with Gasteiger partial charge in [-0.25, -0.2) is 0 Å². The molecule has 0 aliphatic rings. The molecule has 0 rings (SSSR count). The zero-order valence-electron chi connectivity index (χ0n) is 4.84. The fourth-order valence-electron chi connectivity index (χ4n) is 0.206. The summed E-state index contributed by atoms with van der Waals surface area (Å²) in [5.41, 5.74) is -1.61. The second-order valence-corrected chi connectivity index (χ2v) is 5.70. The molecule has 1 atom stereocenters. The van der Waals surface area contributed by atoms with Gasteiger partial charge in [-0.3, -0.25) is 0 Å². The standard InChI is InChI=1S/C2H4Cl4O4Si/c3-1(2(4,5)6)10-11(7,8)9/h1,7-9H. The molecule has 0 radical (unpaired) electrons. The van der Waals surface area contributed by atoms with Gasteiger partial charge in [-0.05, 0) is 0 Å². The van der Waals surface area contributed by atoms with E-state index in [1.54, 1.807) is 0 Å². The molecule has 0 aliphatic heterocycles. The van der Waals surface area contributed by atoms with E-state index in [9.17, 15) is 0 Å². The fourth-order valence-corrected chi connectivity index (χ4v) is 1.38. The summed E-state index contributed by atoms with van der Waals surface area (Å²) in [6.07, 6.45) is 0. The molecule has 9 heteroatoms. The molecule has 0 bridgehead atoms. The molecule has 0 amide bonds. The molecule has 0 aliphatic carbocycles. The summed E-state index contributed by atoms with van der Waals surface area (Å²) >= 11 is 20.6. The Hall–Kier alpha value is 1.22. The van der Waals surface area contributed by atoms with E-state index < -0.39 is 18.4 Å². The zero-order chi connectivity index (χ0) is 9.28. The molecular weight excluding hydrogens is 258 g/mol. The van der Waals surface area contributed by atoms with Gasteiger partial charge >= 0.3 is 9.05 Å². The van der Waals surface area contributed by atoms with E-state index in [1.165, 1.54) is 0 Å². The minimum atomic E-state index is -4.72. The van der Waals surface area contributed by atoms with Gasteiger partial charge in [-0.1, -0.05) is 46.4 Å². The quantitative estimate of drug-likeness (QED) is 0.496. The van der Waals surface area contributed by atoms with E-state index in [1.807, 2.05) is 0 Å². The molecular formula is C2H4Cl4O4Si. The van der Waals surface area contributed by atoms with Gasteiger partial charge in [0, 0.05) is 0 Å². The average molecular weight is 262 g/mol. The molecule has 0 aromatic carbocycles. The maximum absolute atomic E-state index is 8.32. The van der Waals surface area contributed by atoms with Crippen molar-refractivity contribution in [1.82, 2.24) is 0 Å². The van der Waals surface area contributed by atoms with E-state index in [4.69, 9.17) is 60.8 Å². The van der Waals surface area contributed by atoms with Crippen molar-refractivity contribution in [2.24, 2.45) is 0 Å². The Morgan fingerprint density at radius 1 is 1.18 bits per heavy atom. The highest BCUT2D eigenvalue weighted by atomic mass is 35.6. The Kier molecular flexibility index (Phi) is 4.39. The molecule has 11 heavy (non-hydrogen) atoms. The lowest BCUT2D eigenvalue weighted by Crippen LogP contribution is -2.44. The van der Waals surface area contributed by atoms with Crippen LogP contribution in [0.5, 0.6) is 0 Å². The highest BCUT2D eigenvalue weighted by Gasteiger charge is 2.42. The molecule has 3 N–H and O–H groups in total. The van der Waals surface area contributed by atoms with E-state index in [0.29, 0.717) is 0 Å². The fraction of sp³-hybridized carbons (Fsp3) is 1.00. The van der Waals surface area contributed by atoms with Crippen LogP contribution in [0.3, 0.4) is 0 Å². The van der Waals surface area contributed by atoms with Gasteiger partial charge in [0.25, 0.3) is 0 Å². The third-order valence-corrected chi connectivity index (χ3v) is 2.57. The van der Waals surface area contributed by atoms with Crippen LogP contribution in [0.15, 0.2) is 0 Å². The van der Waals surface area contributed by atoms with Gasteiger partial charge in [0.15, 0.2) is 5.56 Å². The molecule has 0 fully saturated rings. The Labute approximate surface area is 83.7 Å². The summed E-state index contributed by atoms with van der Waals surface area (Å²) in [5, 5.41) is 0. The maximum atomic E-state index is 8.32. The minimum absolute atomic E-state index is 1.61. The second kappa shape index (κ2) is 3.95. The van der Waals surface area contributed by atoms with Crippen LogP contribution in [0, 0.1) is 0 Å². The molecule has 0 aromatic heterocycles. The number of rotatable bonds is 2. The van der Waals surface area contributed by atoms with Gasteiger partial charge in [0.1, 0.15) is 0 Å². The van der Waals surface area contributed by atoms with Gasteiger partial charge < -0.3 is 18.8 Å². The molecule has 0 heterocycles. The van der Waals surface area contributed by atoms with Crippen molar-refractivity contribution in [3.05, 3.63) is 0 Å². The van der Waals surface area contributed by atoms with Crippen LogP contribution >= 0.6 is 46.4 Å². The van der Waals surface area contributed by atoms with Crippen molar-refractivity contribution in [2.75, 3.05) is 0 Å². The van der Waals surface area contributed by atoms with Crippen molar-refractivity contribution in [2.45, 2.75) is 9.36 Å². The molecule has 0 aromatic rings. The first-order chi connectivity index (χ1) is 4.63. The van der Waals surface area contributed by atoms with Gasteiger partial charge in [-0.15, -0.1) is 0 Å². The predicted molar refractivity (Wildman–Crippen MR) is 43.4 cm³/mol. The Balaban J connectivity index is 3.99. The summed E-state index contributed by atoms with van der Waals surface area (Å²) in [6, 6.07) is 0. The van der Waals surface area contributed by atoms with Crippen LogP contribution in [0.2, 0.25) is 0 Å². The van der Waals surface area contributed by atoms with E-state index >= 15 is 0 Å². The molecule has 0 saturated heterocycles. The summed E-state index contributed by atoms with van der Waals surface area (Å²) in [7, 11) is -4.72. The largest absolute Gasteiger partial charge is 0.672 e. The molecule has 1 unspecified atom stereocenters. The normalized spacial score (nSPS) is 16.6. The van der Waals surface area contributed by atoms with Crippen molar-refractivity contribution in [1.29, 1.82) is 0 Å². The SMILES string of the molecule is O[Si](O)(O)OC(Cl)C(Cl)(Cl)Cl. The lowest BCUT2D eigenvalue weighted by molar-refractivity contribution is 0.0519. The maximum Gasteiger partial charge on any atom is 0.672 e. The monoisotopic (exact) mass is 260 g/mol. The van der Waals surface area contributed by atoms with Crippen molar-refractivity contribution < 1.29 is 18.8 Å². The second-order valence-electron chi connectivity index (χ2n) is 1.55. The summed E-state index contributed by atoms with van der Waals surface area (Å²) < 4.78 is 1.96. The van der Waals surface area contributed by atoms with Crippen LogP contribution in [-0.2, 0) is 4.43 Å². The van der Waals surface area contributed by atoms with Gasteiger partial charge in [0.2, 0.25) is 3.79 Å². The number of halogens is 4. The molecule has 0 saturated carbocycles. The Bertz CT molecular complexity index is 129. The summed E-state index contributed by atoms with van der Waals surface area (Å²) in [6.45, 7) is 0. The highest BCUT2D eigenvalue weighted by Crippen LogP contribution is 2.34. The van der Waals surface area contributed by atoms with E-state index in [0.717, 1.165) is 0 Å². The molecule has 68 valence electrons. The third-order valence-electron chi connectivity index (χ3n) is 0.519. The van der Waals surface area contributed by atoms with Gasteiger partial charge in [0.05, 0.1) is 0 Å². The smallest absolute Gasteiger partial charge is 0.368 e. The number of hydrogen-bond donors (Lipinski definition) is 3. The number of hydrogen-bond acceptors (Lipinski definition) is 4. The van der Waals surface area contributed by atoms with Crippen LogP contribution in [0.25, 0.3) is 0 Å². The predicted octanol–water partition coefficient (Wildman–Crippen LogP) is 0.351. The Morgan fingerprint density at radius 3 is 1.64 bits per heavy atom. The van der Waals surface area contributed by atoms with Crippen LogP contribution in [0.4, 0.5) is 0 Å². The van der Waals surface area contributed by atoms with E-state index in [2.05, 4.69) is 4.43 Å².